The Hall–Kier alpha value is -1.10. The molecule has 2 N–H and O–H groups in total. The number of rotatable bonds is 6. The molecule has 1 aromatic rings. The van der Waals surface area contributed by atoms with Crippen molar-refractivity contribution in [3.8, 4) is 5.75 Å². The summed E-state index contributed by atoms with van der Waals surface area (Å²) in [7, 11) is 4.31. The fraction of sp³-hybridized carbons (Fsp3) is 0.625. The summed E-state index contributed by atoms with van der Waals surface area (Å²) in [6, 6.07) is 9.16. The Bertz CT molecular complexity index is 422. The van der Waals surface area contributed by atoms with E-state index in [9.17, 15) is 0 Å². The van der Waals surface area contributed by atoms with Gasteiger partial charge in [-0.2, -0.15) is 0 Å². The second-order valence-electron chi connectivity index (χ2n) is 5.62. The molecule has 0 spiro atoms. The number of benzene rings is 1. The normalized spacial score (nSPS) is 21.4. The number of hydrogen-bond acceptors (Lipinski definition) is 4. The molecule has 0 amide bonds. The summed E-state index contributed by atoms with van der Waals surface area (Å²) in [5.74, 6) is 0.971. The van der Waals surface area contributed by atoms with Crippen LogP contribution < -0.4 is 10.5 Å². The fourth-order valence-corrected chi connectivity index (χ4v) is 2.99. The maximum atomic E-state index is 6.06. The second kappa shape index (κ2) is 7.07. The minimum atomic E-state index is 0.252. The van der Waals surface area contributed by atoms with Gasteiger partial charge in [0.25, 0.3) is 0 Å². The number of hydrogen-bond donors (Lipinski definition) is 1. The van der Waals surface area contributed by atoms with Crippen molar-refractivity contribution in [1.29, 1.82) is 0 Å². The highest BCUT2D eigenvalue weighted by Crippen LogP contribution is 2.31. The summed E-state index contributed by atoms with van der Waals surface area (Å²) in [5.41, 5.74) is 7.28. The summed E-state index contributed by atoms with van der Waals surface area (Å²) < 4.78 is 5.76. The van der Waals surface area contributed by atoms with Crippen LogP contribution >= 0.6 is 0 Å². The van der Waals surface area contributed by atoms with E-state index in [4.69, 9.17) is 10.5 Å². The van der Waals surface area contributed by atoms with E-state index in [-0.39, 0.29) is 6.04 Å². The molecule has 112 valence electrons. The minimum Gasteiger partial charge on any atom is -0.494 e. The van der Waals surface area contributed by atoms with Gasteiger partial charge in [0, 0.05) is 31.2 Å². The van der Waals surface area contributed by atoms with Crippen LogP contribution in [0.4, 0.5) is 0 Å². The fourth-order valence-electron chi connectivity index (χ4n) is 2.99. The number of likely N-dealkylation sites (N-methyl/N-ethyl adjacent to an activating group) is 1. The van der Waals surface area contributed by atoms with E-state index in [2.05, 4.69) is 36.0 Å². The predicted octanol–water partition coefficient (Wildman–Crippen LogP) is 1.72. The van der Waals surface area contributed by atoms with E-state index in [0.717, 1.165) is 18.8 Å². The molecule has 1 aliphatic heterocycles. The maximum Gasteiger partial charge on any atom is 0.124 e. The topological polar surface area (TPSA) is 41.7 Å². The van der Waals surface area contributed by atoms with Gasteiger partial charge >= 0.3 is 0 Å². The molecule has 0 aliphatic carbocycles. The van der Waals surface area contributed by atoms with Crippen molar-refractivity contribution < 1.29 is 4.74 Å². The molecule has 4 heteroatoms. The van der Waals surface area contributed by atoms with Gasteiger partial charge in [-0.1, -0.05) is 18.2 Å². The third-order valence-corrected chi connectivity index (χ3v) is 4.17. The van der Waals surface area contributed by atoms with Gasteiger partial charge in [0.15, 0.2) is 0 Å². The van der Waals surface area contributed by atoms with Crippen molar-refractivity contribution in [2.75, 3.05) is 40.3 Å². The number of nitrogens with zero attached hydrogens (tertiary/aromatic N) is 2. The molecule has 2 rings (SSSR count). The first-order valence-electron chi connectivity index (χ1n) is 7.49. The number of likely N-dealkylation sites (tertiary alicyclic amines) is 1. The highest BCUT2D eigenvalue weighted by Gasteiger charge is 2.30. The van der Waals surface area contributed by atoms with Crippen molar-refractivity contribution in [2.24, 2.45) is 5.73 Å². The molecule has 0 saturated carbocycles. The van der Waals surface area contributed by atoms with Gasteiger partial charge in [-0.05, 0) is 33.5 Å². The largest absolute Gasteiger partial charge is 0.494 e. The summed E-state index contributed by atoms with van der Waals surface area (Å²) in [6.45, 7) is 5.52. The molecule has 2 unspecified atom stereocenters. The lowest BCUT2D eigenvalue weighted by Gasteiger charge is -2.29. The van der Waals surface area contributed by atoms with Gasteiger partial charge in [-0.25, -0.2) is 0 Å². The van der Waals surface area contributed by atoms with Gasteiger partial charge in [0.1, 0.15) is 5.75 Å². The smallest absolute Gasteiger partial charge is 0.124 e. The summed E-state index contributed by atoms with van der Waals surface area (Å²) >= 11 is 0. The third kappa shape index (κ3) is 3.32. The van der Waals surface area contributed by atoms with E-state index in [0.29, 0.717) is 19.2 Å². The van der Waals surface area contributed by atoms with Crippen LogP contribution in [0.1, 0.15) is 24.9 Å². The summed E-state index contributed by atoms with van der Waals surface area (Å²) in [4.78, 5) is 4.80. The van der Waals surface area contributed by atoms with Crippen molar-refractivity contribution in [2.45, 2.75) is 25.4 Å². The molecule has 20 heavy (non-hydrogen) atoms. The zero-order valence-corrected chi connectivity index (χ0v) is 12.9. The Balaban J connectivity index is 2.16. The SMILES string of the molecule is CCOc1ccccc1C(CN)N1CCC(N(C)C)C1. The van der Waals surface area contributed by atoms with Crippen molar-refractivity contribution in [1.82, 2.24) is 9.80 Å². The van der Waals surface area contributed by atoms with E-state index in [1.165, 1.54) is 12.0 Å². The zero-order chi connectivity index (χ0) is 14.5. The lowest BCUT2D eigenvalue weighted by molar-refractivity contribution is 0.215. The van der Waals surface area contributed by atoms with Gasteiger partial charge in [0.2, 0.25) is 0 Å². The Morgan fingerprint density at radius 1 is 1.40 bits per heavy atom. The van der Waals surface area contributed by atoms with Crippen molar-refractivity contribution in [3.05, 3.63) is 29.8 Å². The monoisotopic (exact) mass is 277 g/mol. The van der Waals surface area contributed by atoms with Gasteiger partial charge in [-0.3, -0.25) is 4.90 Å². The van der Waals surface area contributed by atoms with Crippen LogP contribution in [-0.2, 0) is 0 Å². The number of ether oxygens (including phenoxy) is 1. The zero-order valence-electron chi connectivity index (χ0n) is 12.9. The molecular formula is C16H27N3O. The first-order chi connectivity index (χ1) is 9.67. The van der Waals surface area contributed by atoms with E-state index >= 15 is 0 Å². The predicted molar refractivity (Wildman–Crippen MR) is 83.1 cm³/mol. The Morgan fingerprint density at radius 2 is 2.15 bits per heavy atom. The molecule has 2 atom stereocenters. The summed E-state index contributed by atoms with van der Waals surface area (Å²) in [6.07, 6.45) is 1.21. The van der Waals surface area contributed by atoms with E-state index in [1.54, 1.807) is 0 Å². The highest BCUT2D eigenvalue weighted by atomic mass is 16.5. The Kier molecular flexibility index (Phi) is 5.40. The highest BCUT2D eigenvalue weighted by molar-refractivity contribution is 5.36. The molecular weight excluding hydrogens is 250 g/mol. The van der Waals surface area contributed by atoms with Crippen LogP contribution in [0.15, 0.2) is 24.3 Å². The molecule has 1 aliphatic rings. The molecule has 1 heterocycles. The van der Waals surface area contributed by atoms with Gasteiger partial charge in [-0.15, -0.1) is 0 Å². The lowest BCUT2D eigenvalue weighted by Crippen LogP contribution is -2.36. The molecule has 1 saturated heterocycles. The standard InChI is InChI=1S/C16H27N3O/c1-4-20-16-8-6-5-7-14(16)15(11-17)19-10-9-13(12-19)18(2)3/h5-8,13,15H,4,9-12,17H2,1-3H3. The molecule has 1 fully saturated rings. The number of para-hydroxylation sites is 1. The quantitative estimate of drug-likeness (QED) is 0.860. The average Bonchev–Trinajstić information content (AvgIpc) is 2.92. The van der Waals surface area contributed by atoms with Crippen molar-refractivity contribution in [3.63, 3.8) is 0 Å². The van der Waals surface area contributed by atoms with Gasteiger partial charge in [0.05, 0.1) is 12.6 Å². The van der Waals surface area contributed by atoms with Crippen molar-refractivity contribution >= 4 is 0 Å². The molecule has 0 bridgehead atoms. The minimum absolute atomic E-state index is 0.252. The van der Waals surface area contributed by atoms with Crippen LogP contribution in [0.25, 0.3) is 0 Å². The Labute approximate surface area is 122 Å². The molecule has 1 aromatic carbocycles. The molecule has 0 aromatic heterocycles. The van der Waals surface area contributed by atoms with Crippen LogP contribution in [0.5, 0.6) is 5.75 Å². The van der Waals surface area contributed by atoms with Crippen LogP contribution in [0.2, 0.25) is 0 Å². The lowest BCUT2D eigenvalue weighted by atomic mass is 10.0. The first-order valence-corrected chi connectivity index (χ1v) is 7.49. The maximum absolute atomic E-state index is 6.06. The van der Waals surface area contributed by atoms with Crippen LogP contribution in [0, 0.1) is 0 Å². The summed E-state index contributed by atoms with van der Waals surface area (Å²) in [5, 5.41) is 0. The van der Waals surface area contributed by atoms with Gasteiger partial charge < -0.3 is 15.4 Å². The third-order valence-electron chi connectivity index (χ3n) is 4.17. The van der Waals surface area contributed by atoms with Crippen LogP contribution in [0.3, 0.4) is 0 Å². The van der Waals surface area contributed by atoms with E-state index < -0.39 is 0 Å². The Morgan fingerprint density at radius 3 is 2.75 bits per heavy atom. The molecule has 0 radical (unpaired) electrons. The number of nitrogens with two attached hydrogens (primary N) is 1. The second-order valence-corrected chi connectivity index (χ2v) is 5.62. The van der Waals surface area contributed by atoms with Crippen LogP contribution in [-0.4, -0.2) is 56.2 Å². The van der Waals surface area contributed by atoms with E-state index in [1.807, 2.05) is 19.1 Å². The first kappa shape index (κ1) is 15.3. The molecule has 4 nitrogen and oxygen atoms in total. The average molecular weight is 277 g/mol.